The number of fused-ring (bicyclic) bond motifs is 4. The van der Waals surface area contributed by atoms with Crippen LogP contribution in [0.25, 0.3) is 0 Å². The zero-order valence-electron chi connectivity index (χ0n) is 61.4. The quantitative estimate of drug-likeness (QED) is 0.0153. The molecule has 0 bridgehead atoms. The lowest BCUT2D eigenvalue weighted by Gasteiger charge is -2.38. The number of methoxy groups -OCH3 is 3. The summed E-state index contributed by atoms with van der Waals surface area (Å²) in [5.41, 5.74) is 4.03. The lowest BCUT2D eigenvalue weighted by molar-refractivity contribution is -0.271. The van der Waals surface area contributed by atoms with E-state index in [1.54, 1.807) is 39.5 Å². The van der Waals surface area contributed by atoms with Gasteiger partial charge in [0.1, 0.15) is 67.6 Å². The Labute approximate surface area is 638 Å². The van der Waals surface area contributed by atoms with Crippen molar-refractivity contribution in [1.29, 1.82) is 0 Å². The number of nitrogens with zero attached hydrogens (tertiary/aromatic N) is 7. The van der Waals surface area contributed by atoms with E-state index in [4.69, 9.17) is 56.9 Å². The number of aromatic nitrogens is 3. The molecule has 4 aromatic carbocycles. The molecule has 11 rings (SSSR count). The van der Waals surface area contributed by atoms with Crippen molar-refractivity contribution in [1.82, 2.24) is 40.9 Å². The maximum Gasteiger partial charge on any atom is 0.416 e. The van der Waals surface area contributed by atoms with Crippen molar-refractivity contribution in [3.8, 4) is 34.5 Å². The van der Waals surface area contributed by atoms with Crippen LogP contribution in [-0.4, -0.2) is 270 Å². The van der Waals surface area contributed by atoms with Gasteiger partial charge in [-0.3, -0.25) is 19.7 Å². The molecule has 0 saturated carbocycles. The molecule has 40 nitrogen and oxygen atoms in total. The number of aliphatic hydroxyl groups excluding tert-OH is 9. The Hall–Kier alpha value is -10.4. The van der Waals surface area contributed by atoms with E-state index in [1.165, 1.54) is 96.5 Å². The first-order valence-corrected chi connectivity index (χ1v) is 35.4. The number of benzene rings is 4. The molecule has 1 aromatic heterocycles. The fourth-order valence-corrected chi connectivity index (χ4v) is 13.4. The van der Waals surface area contributed by atoms with Crippen LogP contribution in [-0.2, 0) is 64.4 Å². The molecule has 6 aliphatic rings. The summed E-state index contributed by atoms with van der Waals surface area (Å²) in [7, 11) is 5.69. The molecule has 15 atom stereocenters. The molecule has 0 spiro atoms. The Morgan fingerprint density at radius 1 is 0.598 bits per heavy atom. The molecule has 40 heteroatoms. The molecule has 5 amide bonds. The number of carboxylic acid groups (broad SMARTS) is 2. The third-order valence-electron chi connectivity index (χ3n) is 19.1. The maximum atomic E-state index is 14.7. The summed E-state index contributed by atoms with van der Waals surface area (Å²) in [6.07, 6.45) is -21.1. The number of hydroxylamine groups is 1. The van der Waals surface area contributed by atoms with Crippen molar-refractivity contribution in [2.75, 3.05) is 71.1 Å². The predicted molar refractivity (Wildman–Crippen MR) is 379 cm³/mol. The Morgan fingerprint density at radius 2 is 1.10 bits per heavy atom. The zero-order valence-corrected chi connectivity index (χ0v) is 61.4. The molecule has 112 heavy (non-hydrogen) atoms. The average molecular weight is 1570 g/mol. The van der Waals surface area contributed by atoms with Gasteiger partial charge in [0.05, 0.1) is 93.0 Å². The van der Waals surface area contributed by atoms with Crippen molar-refractivity contribution in [2.45, 2.75) is 164 Å². The molecule has 6 aliphatic heterocycles. The molecule has 606 valence electrons. The number of unbranched alkanes of at least 4 members (excludes halogenated alkanes) is 2. The monoisotopic (exact) mass is 1570 g/mol. The SMILES string of the molecule is CNOCCn1cc(CNC(O)c2cc(COC(=O)N3c4cc(OCCCCCOc5cc6c(cc5OC)C(=O)N5C=C(C)C[C@H]5C(O)N6C(=O)OCc5ccc(O[C@@H]6O[C@H](C(=O)O)[C@@H](O)[C@H](O)[C@H]6O)c(C(=O)NCCOC)c5)c(OC)cc4C(=O)N4C=C(C)C[C@H]4C3O)ccc2O[C@@H]2O[C@H](C(=O)O)[C@@H](O)[C@H](O)[C@H]2O)nn1. The molecular formula is C72H88N10O30. The van der Waals surface area contributed by atoms with Crippen LogP contribution in [0.1, 0.15) is 106 Å². The summed E-state index contributed by atoms with van der Waals surface area (Å²) >= 11 is 0. The maximum absolute atomic E-state index is 14.7. The highest BCUT2D eigenvalue weighted by molar-refractivity contribution is 6.08. The molecule has 14 N–H and O–H groups in total. The first kappa shape index (κ1) is 82.5. The van der Waals surface area contributed by atoms with Gasteiger partial charge < -0.3 is 128 Å². The van der Waals surface area contributed by atoms with Gasteiger partial charge in [0.15, 0.2) is 47.7 Å². The van der Waals surface area contributed by atoms with Gasteiger partial charge in [0, 0.05) is 63.5 Å². The number of carboxylic acids is 2. The largest absolute Gasteiger partial charge is 0.493 e. The topological polar surface area (TPSA) is 533 Å². The highest BCUT2D eigenvalue weighted by atomic mass is 16.7. The summed E-state index contributed by atoms with van der Waals surface area (Å²) in [6, 6.07) is 11.4. The number of aliphatic carboxylic acids is 2. The molecule has 0 radical (unpaired) electrons. The summed E-state index contributed by atoms with van der Waals surface area (Å²) in [6.45, 7) is 3.00. The Kier molecular flexibility index (Phi) is 26.8. The minimum atomic E-state index is -2.04. The molecular weight excluding hydrogens is 1480 g/mol. The molecule has 7 heterocycles. The third-order valence-corrected chi connectivity index (χ3v) is 19.1. The fraction of sp³-hybridized carbons (Fsp3) is 0.486. The second kappa shape index (κ2) is 36.4. The summed E-state index contributed by atoms with van der Waals surface area (Å²) < 4.78 is 64.5. The van der Waals surface area contributed by atoms with Crippen molar-refractivity contribution in [3.05, 3.63) is 129 Å². The average Bonchev–Trinajstić information content (AvgIpc) is 1.60. The summed E-state index contributed by atoms with van der Waals surface area (Å²) in [4.78, 5) is 105. The number of carbonyl (C=O) groups excluding carboxylic acids is 5. The highest BCUT2D eigenvalue weighted by Gasteiger charge is 2.52. The van der Waals surface area contributed by atoms with E-state index in [0.29, 0.717) is 31.5 Å². The Balaban J connectivity index is 0.773. The molecule has 2 saturated heterocycles. The lowest BCUT2D eigenvalue weighted by Crippen LogP contribution is -2.61. The Bertz CT molecular complexity index is 4330. The van der Waals surface area contributed by atoms with E-state index in [1.807, 2.05) is 0 Å². The van der Waals surface area contributed by atoms with Gasteiger partial charge in [-0.15, -0.1) is 5.10 Å². The van der Waals surface area contributed by atoms with E-state index in [2.05, 4.69) is 26.4 Å². The van der Waals surface area contributed by atoms with Gasteiger partial charge >= 0.3 is 24.1 Å². The molecule has 0 aliphatic carbocycles. The number of hydrogen-bond acceptors (Lipinski definition) is 32. The van der Waals surface area contributed by atoms with Gasteiger partial charge in [-0.05, 0) is 93.5 Å². The summed E-state index contributed by atoms with van der Waals surface area (Å²) in [5, 5.41) is 132. The number of hydrogen-bond donors (Lipinski definition) is 14. The lowest BCUT2D eigenvalue weighted by atomic mass is 9.99. The van der Waals surface area contributed by atoms with Crippen molar-refractivity contribution >= 4 is 53.2 Å². The number of amides is 5. The van der Waals surface area contributed by atoms with Crippen LogP contribution in [0.5, 0.6) is 34.5 Å². The number of aliphatic hydroxyl groups is 9. The zero-order chi connectivity index (χ0) is 80.5. The predicted octanol–water partition coefficient (Wildman–Crippen LogP) is -0.0397. The second-order valence-corrected chi connectivity index (χ2v) is 26.9. The van der Waals surface area contributed by atoms with E-state index in [-0.39, 0.29) is 132 Å². The number of ether oxygens (including phenoxy) is 11. The first-order valence-electron chi connectivity index (χ1n) is 35.4. The van der Waals surface area contributed by atoms with Gasteiger partial charge in [-0.1, -0.05) is 28.5 Å². The minimum absolute atomic E-state index is 0.00399. The van der Waals surface area contributed by atoms with Crippen LogP contribution in [0.4, 0.5) is 21.0 Å². The van der Waals surface area contributed by atoms with Crippen LogP contribution in [0.15, 0.2) is 90.4 Å². The van der Waals surface area contributed by atoms with Crippen molar-refractivity contribution < 1.29 is 147 Å². The van der Waals surface area contributed by atoms with E-state index < -0.39 is 147 Å². The van der Waals surface area contributed by atoms with Gasteiger partial charge in [-0.2, -0.15) is 0 Å². The van der Waals surface area contributed by atoms with Gasteiger partial charge in [-0.25, -0.2) is 39.1 Å². The van der Waals surface area contributed by atoms with E-state index in [9.17, 15) is 89.7 Å². The molecule has 2 fully saturated rings. The standard InChI is InChI=1S/C72H88N10O30/c1-34-20-45-65(93)81(71(99)106-32-36-10-12-47(41(22-36)61(89)74-14-18-101-4)109-69-57(87)53(83)55(85)59(111-69)67(95)96)43-26-51(49(102-5)24-39(43)63(91)79(45)29-34)104-16-8-7-9-17-105-52-27-44-40(25-50(52)103-6)64(92)80-30-35(2)21-46(80)66(94)82(44)72(100)107-33-37-11-13-48(110-70-58(88)54(84)56(86)60(112-70)68(97)98)42(23-37)62(90)75-28-38-31-78(77-76-38)15-19-108-73-3/h10-13,22-27,29-31,45-46,53-60,62,65-66,69-70,73,75,83-88,90,93-94H,7-9,14-21,28,32-33H2,1-6H3,(H,74,89)(H,95,96)(H,97,98)/t45-,46-,53-,54-,55-,56-,57+,58+,59-,60-,62?,65?,66?,69+,70+/m0/s1. The van der Waals surface area contributed by atoms with Crippen LogP contribution in [0.2, 0.25) is 0 Å². The van der Waals surface area contributed by atoms with Crippen LogP contribution in [0, 0.1) is 0 Å². The molecule has 5 aromatic rings. The van der Waals surface area contributed by atoms with Gasteiger partial charge in [0.2, 0.25) is 12.6 Å². The second-order valence-electron chi connectivity index (χ2n) is 26.9. The number of carbonyl (C=O) groups is 7. The van der Waals surface area contributed by atoms with Crippen LogP contribution in [0.3, 0.4) is 0 Å². The number of rotatable bonds is 32. The number of nitrogens with one attached hydrogen (secondary N) is 3. The van der Waals surface area contributed by atoms with Crippen molar-refractivity contribution in [3.63, 3.8) is 0 Å². The minimum Gasteiger partial charge on any atom is -0.493 e. The third kappa shape index (κ3) is 18.0. The van der Waals surface area contributed by atoms with Crippen molar-refractivity contribution in [2.24, 2.45) is 0 Å². The smallest absolute Gasteiger partial charge is 0.416 e. The highest BCUT2D eigenvalue weighted by Crippen LogP contribution is 2.45. The number of anilines is 2. The summed E-state index contributed by atoms with van der Waals surface area (Å²) in [5.74, 6) is -5.49. The molecule has 3 unspecified atom stereocenters. The van der Waals surface area contributed by atoms with Crippen LogP contribution < -0.4 is 54.3 Å². The Morgan fingerprint density at radius 3 is 1.59 bits per heavy atom. The van der Waals surface area contributed by atoms with Gasteiger partial charge in [0.25, 0.3) is 17.7 Å². The first-order chi connectivity index (χ1) is 53.6. The fourth-order valence-electron chi connectivity index (χ4n) is 13.4. The normalized spacial score (nSPS) is 24.9. The van der Waals surface area contributed by atoms with E-state index in [0.717, 1.165) is 20.9 Å². The van der Waals surface area contributed by atoms with E-state index >= 15 is 0 Å². The van der Waals surface area contributed by atoms with Crippen LogP contribution >= 0.6 is 0 Å².